The van der Waals surface area contributed by atoms with Crippen LogP contribution >= 0.6 is 0 Å². The average Bonchev–Trinajstić information content (AvgIpc) is 3.05. The van der Waals surface area contributed by atoms with Gasteiger partial charge in [0.1, 0.15) is 24.4 Å². The summed E-state index contributed by atoms with van der Waals surface area (Å²) in [5.41, 5.74) is 0. The van der Waals surface area contributed by atoms with Gasteiger partial charge in [-0.15, -0.1) is 0 Å². The fourth-order valence-corrected chi connectivity index (χ4v) is 3.72. The Morgan fingerprint density at radius 1 is 0.862 bits per heavy atom. The average molecular weight is 415 g/mol. The fraction of sp³-hybridized carbons (Fsp3) is 0.917. The maximum atomic E-state index is 9.95. The maximum absolute atomic E-state index is 9.95. The van der Waals surface area contributed by atoms with Crippen LogP contribution in [-0.4, -0.2) is 59.6 Å². The van der Waals surface area contributed by atoms with Crippen molar-refractivity contribution in [2.75, 3.05) is 19.8 Å². The molecule has 0 saturated carbocycles. The first-order valence-electron chi connectivity index (χ1n) is 12.0. The molecule has 0 bridgehead atoms. The SMILES string of the molecule is CCCCC/C=C/CCCCCCCCCCCOC[C@H](O)[C@@H]1OC[C@@H](O)[C@@H]1O. The van der Waals surface area contributed by atoms with Crippen molar-refractivity contribution in [3.63, 3.8) is 0 Å². The largest absolute Gasteiger partial charge is 0.388 e. The molecule has 1 saturated heterocycles. The second kappa shape index (κ2) is 18.3. The van der Waals surface area contributed by atoms with E-state index in [1.807, 2.05) is 0 Å². The van der Waals surface area contributed by atoms with Crippen molar-refractivity contribution in [2.45, 2.75) is 121 Å². The Morgan fingerprint density at radius 2 is 1.41 bits per heavy atom. The molecular formula is C24H46O5. The number of ether oxygens (including phenoxy) is 2. The Kier molecular flexibility index (Phi) is 16.8. The van der Waals surface area contributed by atoms with Gasteiger partial charge >= 0.3 is 0 Å². The molecule has 3 N–H and O–H groups in total. The van der Waals surface area contributed by atoms with Gasteiger partial charge in [0.25, 0.3) is 0 Å². The Labute approximate surface area is 178 Å². The van der Waals surface area contributed by atoms with E-state index >= 15 is 0 Å². The van der Waals surface area contributed by atoms with Gasteiger partial charge in [0.05, 0.1) is 13.2 Å². The van der Waals surface area contributed by atoms with Gasteiger partial charge in [-0.2, -0.15) is 0 Å². The first-order valence-corrected chi connectivity index (χ1v) is 12.0. The second-order valence-corrected chi connectivity index (χ2v) is 8.44. The van der Waals surface area contributed by atoms with E-state index in [1.165, 1.54) is 77.0 Å². The molecule has 0 aromatic heterocycles. The smallest absolute Gasteiger partial charge is 0.114 e. The monoisotopic (exact) mass is 414 g/mol. The lowest BCUT2D eigenvalue weighted by atomic mass is 10.1. The van der Waals surface area contributed by atoms with Crippen LogP contribution in [0.1, 0.15) is 96.8 Å². The van der Waals surface area contributed by atoms with Crippen LogP contribution in [0.15, 0.2) is 12.2 Å². The number of hydrogen-bond acceptors (Lipinski definition) is 5. The summed E-state index contributed by atoms with van der Waals surface area (Å²) in [6.07, 6.45) is 19.0. The highest BCUT2D eigenvalue weighted by Crippen LogP contribution is 2.18. The molecule has 0 aliphatic carbocycles. The fourth-order valence-electron chi connectivity index (χ4n) is 3.72. The summed E-state index contributed by atoms with van der Waals surface area (Å²) in [5.74, 6) is 0. The maximum Gasteiger partial charge on any atom is 0.114 e. The van der Waals surface area contributed by atoms with Gasteiger partial charge in [-0.25, -0.2) is 0 Å². The summed E-state index contributed by atoms with van der Waals surface area (Å²) >= 11 is 0. The Balaban J connectivity index is 1.77. The molecule has 5 heteroatoms. The molecule has 0 unspecified atom stereocenters. The standard InChI is InChI=1S/C24H46O5/c1-2-3-4-5-6-7-8-9-10-11-12-13-14-15-16-17-18-28-19-22(26)24-23(27)21(25)20-29-24/h6-7,21-27H,2-5,8-20H2,1H3/b7-6+/t21-,22+,23+,24+/m1/s1. The quantitative estimate of drug-likeness (QED) is 0.214. The van der Waals surface area contributed by atoms with E-state index in [9.17, 15) is 15.3 Å². The first kappa shape index (κ1) is 26.6. The summed E-state index contributed by atoms with van der Waals surface area (Å²) in [5, 5.41) is 29.0. The van der Waals surface area contributed by atoms with Crippen molar-refractivity contribution in [3.05, 3.63) is 12.2 Å². The molecule has 0 radical (unpaired) electrons. The molecule has 172 valence electrons. The van der Waals surface area contributed by atoms with Gasteiger partial charge in [0, 0.05) is 6.61 Å². The van der Waals surface area contributed by atoms with Crippen molar-refractivity contribution >= 4 is 0 Å². The summed E-state index contributed by atoms with van der Waals surface area (Å²) in [6, 6.07) is 0. The van der Waals surface area contributed by atoms with Crippen LogP contribution in [0.4, 0.5) is 0 Å². The van der Waals surface area contributed by atoms with Crippen molar-refractivity contribution in [3.8, 4) is 0 Å². The van der Waals surface area contributed by atoms with Crippen LogP contribution < -0.4 is 0 Å². The molecule has 0 aromatic rings. The van der Waals surface area contributed by atoms with Crippen LogP contribution in [0.3, 0.4) is 0 Å². The number of aliphatic hydroxyl groups is 3. The van der Waals surface area contributed by atoms with Gasteiger partial charge in [-0.05, 0) is 32.1 Å². The van der Waals surface area contributed by atoms with Crippen LogP contribution in [0, 0.1) is 0 Å². The molecule has 1 aliphatic rings. The first-order chi connectivity index (χ1) is 14.2. The number of rotatable bonds is 19. The summed E-state index contributed by atoms with van der Waals surface area (Å²) in [4.78, 5) is 0. The van der Waals surface area contributed by atoms with Crippen molar-refractivity contribution < 1.29 is 24.8 Å². The summed E-state index contributed by atoms with van der Waals surface area (Å²) in [6.45, 7) is 3.08. The van der Waals surface area contributed by atoms with Crippen molar-refractivity contribution in [2.24, 2.45) is 0 Å². The van der Waals surface area contributed by atoms with Gasteiger partial charge in [0.15, 0.2) is 0 Å². The molecule has 4 atom stereocenters. The van der Waals surface area contributed by atoms with Crippen LogP contribution in [0.25, 0.3) is 0 Å². The second-order valence-electron chi connectivity index (χ2n) is 8.44. The van der Waals surface area contributed by atoms with Crippen LogP contribution in [-0.2, 0) is 9.47 Å². The lowest BCUT2D eigenvalue weighted by molar-refractivity contribution is -0.0813. The minimum atomic E-state index is -1.03. The molecule has 1 rings (SSSR count). The molecule has 1 aliphatic heterocycles. The Bertz CT molecular complexity index is 387. The van der Waals surface area contributed by atoms with Gasteiger partial charge < -0.3 is 24.8 Å². The highest BCUT2D eigenvalue weighted by Gasteiger charge is 2.39. The van der Waals surface area contributed by atoms with E-state index in [0.29, 0.717) is 6.61 Å². The molecule has 29 heavy (non-hydrogen) atoms. The lowest BCUT2D eigenvalue weighted by Gasteiger charge is -2.20. The van der Waals surface area contributed by atoms with Gasteiger partial charge in [0.2, 0.25) is 0 Å². The Morgan fingerprint density at radius 3 is 1.97 bits per heavy atom. The zero-order chi connectivity index (χ0) is 21.2. The predicted octanol–water partition coefficient (Wildman–Crippen LogP) is 4.52. The molecule has 5 nitrogen and oxygen atoms in total. The third kappa shape index (κ3) is 13.5. The predicted molar refractivity (Wildman–Crippen MR) is 118 cm³/mol. The third-order valence-corrected chi connectivity index (χ3v) is 5.66. The van der Waals surface area contributed by atoms with Crippen LogP contribution in [0.5, 0.6) is 0 Å². The van der Waals surface area contributed by atoms with E-state index in [1.54, 1.807) is 0 Å². The molecule has 1 heterocycles. The van der Waals surface area contributed by atoms with Gasteiger partial charge in [-0.3, -0.25) is 0 Å². The molecule has 0 aromatic carbocycles. The lowest BCUT2D eigenvalue weighted by Crippen LogP contribution is -2.40. The minimum Gasteiger partial charge on any atom is -0.388 e. The number of aliphatic hydroxyl groups excluding tert-OH is 3. The highest BCUT2D eigenvalue weighted by atomic mass is 16.5. The molecular weight excluding hydrogens is 368 g/mol. The Hall–Kier alpha value is -0.460. The van der Waals surface area contributed by atoms with Crippen LogP contribution in [0.2, 0.25) is 0 Å². The topological polar surface area (TPSA) is 79.2 Å². The molecule has 0 amide bonds. The van der Waals surface area contributed by atoms with Crippen molar-refractivity contribution in [1.82, 2.24) is 0 Å². The minimum absolute atomic E-state index is 0.0685. The summed E-state index contributed by atoms with van der Waals surface area (Å²) < 4.78 is 10.7. The number of hydrogen-bond donors (Lipinski definition) is 3. The zero-order valence-electron chi connectivity index (χ0n) is 18.6. The van der Waals surface area contributed by atoms with E-state index < -0.39 is 24.4 Å². The number of allylic oxidation sites excluding steroid dienone is 2. The third-order valence-electron chi connectivity index (χ3n) is 5.66. The molecule has 1 fully saturated rings. The summed E-state index contributed by atoms with van der Waals surface area (Å²) in [7, 11) is 0. The van der Waals surface area contributed by atoms with E-state index in [0.717, 1.165) is 12.8 Å². The van der Waals surface area contributed by atoms with Crippen molar-refractivity contribution in [1.29, 1.82) is 0 Å². The van der Waals surface area contributed by atoms with E-state index in [-0.39, 0.29) is 13.2 Å². The highest BCUT2D eigenvalue weighted by molar-refractivity contribution is 4.87. The van der Waals surface area contributed by atoms with E-state index in [2.05, 4.69) is 19.1 Å². The zero-order valence-corrected chi connectivity index (χ0v) is 18.6. The normalized spacial score (nSPS) is 23.2. The number of unbranched alkanes of at least 4 members (excludes halogenated alkanes) is 12. The van der Waals surface area contributed by atoms with Gasteiger partial charge in [-0.1, -0.05) is 76.9 Å². The van der Waals surface area contributed by atoms with E-state index in [4.69, 9.17) is 9.47 Å². The molecule has 0 spiro atoms.